The van der Waals surface area contributed by atoms with Gasteiger partial charge in [0, 0.05) is 49.6 Å². The molecule has 0 aliphatic carbocycles. The minimum absolute atomic E-state index is 0.186. The van der Waals surface area contributed by atoms with E-state index in [1.54, 1.807) is 11.9 Å². The van der Waals surface area contributed by atoms with E-state index >= 15 is 0 Å². The van der Waals surface area contributed by atoms with Crippen LogP contribution in [0.4, 0.5) is 11.4 Å². The maximum absolute atomic E-state index is 9.21. The normalized spacial score (nSPS) is 13.3. The molecule has 1 heterocycles. The lowest BCUT2D eigenvalue weighted by atomic mass is 10.1. The predicted octanol–water partition coefficient (Wildman–Crippen LogP) is 8.11. The Morgan fingerprint density at radius 2 is 1.54 bits per heavy atom. The molecule has 5 rings (SSSR count). The van der Waals surface area contributed by atoms with Crippen molar-refractivity contribution in [3.8, 4) is 23.3 Å². The summed E-state index contributed by atoms with van der Waals surface area (Å²) in [4.78, 5) is 2.37. The van der Waals surface area contributed by atoms with Crippen molar-refractivity contribution in [3.05, 3.63) is 113 Å². The summed E-state index contributed by atoms with van der Waals surface area (Å²) in [6.45, 7) is 5.08. The molecule has 0 unspecified atom stereocenters. The van der Waals surface area contributed by atoms with Crippen molar-refractivity contribution in [2.45, 2.75) is 39.0 Å². The molecule has 4 aromatic rings. The fraction of sp³-hybridized carbons (Fsp3) is 0.265. The van der Waals surface area contributed by atoms with Crippen LogP contribution in [0.3, 0.4) is 0 Å². The van der Waals surface area contributed by atoms with Crippen LogP contribution in [0.5, 0.6) is 17.2 Å². The van der Waals surface area contributed by atoms with Crippen molar-refractivity contribution < 1.29 is 14.2 Å². The standard InChI is InChI=1S/C34H35N3O3S/c1-25-33(36-41-2)7-4-8-34(25)37(23-27-11-9-26(22-35)10-12-27)24-28-13-15-29(16-14-28)39-31-5-3-6-32(21-31)40-30-17-19-38-20-18-30/h3-16,21,30,36H,17-20,23-24H2,1-2H3. The highest BCUT2D eigenvalue weighted by atomic mass is 32.2. The molecule has 1 fully saturated rings. The third kappa shape index (κ3) is 7.75. The first-order chi connectivity index (χ1) is 20.1. The second-order valence-corrected chi connectivity index (χ2v) is 10.7. The molecule has 0 spiro atoms. The van der Waals surface area contributed by atoms with Gasteiger partial charge in [-0.2, -0.15) is 5.26 Å². The highest BCUT2D eigenvalue weighted by Gasteiger charge is 2.16. The molecule has 0 amide bonds. The molecule has 6 nitrogen and oxygen atoms in total. The maximum atomic E-state index is 9.21. The summed E-state index contributed by atoms with van der Waals surface area (Å²) in [6, 6.07) is 32.5. The third-order valence-corrected chi connectivity index (χ3v) is 7.55. The molecular formula is C34H35N3O3S. The summed E-state index contributed by atoms with van der Waals surface area (Å²) < 4.78 is 21.2. The summed E-state index contributed by atoms with van der Waals surface area (Å²) in [5.74, 6) is 2.34. The highest BCUT2D eigenvalue weighted by molar-refractivity contribution is 7.99. The zero-order valence-electron chi connectivity index (χ0n) is 23.5. The van der Waals surface area contributed by atoms with Gasteiger partial charge in [-0.3, -0.25) is 0 Å². The lowest BCUT2D eigenvalue weighted by molar-refractivity contribution is 0.0255. The number of rotatable bonds is 11. The van der Waals surface area contributed by atoms with Gasteiger partial charge in [0.05, 0.1) is 24.8 Å². The van der Waals surface area contributed by atoms with Crippen LogP contribution < -0.4 is 19.1 Å². The molecule has 0 saturated carbocycles. The second kappa shape index (κ2) is 14.0. The monoisotopic (exact) mass is 565 g/mol. The van der Waals surface area contributed by atoms with Crippen LogP contribution in [-0.4, -0.2) is 25.6 Å². The van der Waals surface area contributed by atoms with E-state index in [9.17, 15) is 5.26 Å². The van der Waals surface area contributed by atoms with E-state index in [0.717, 1.165) is 66.8 Å². The Morgan fingerprint density at radius 1 is 0.878 bits per heavy atom. The molecule has 1 N–H and O–H groups in total. The van der Waals surface area contributed by atoms with Crippen LogP contribution in [0.1, 0.15) is 35.1 Å². The smallest absolute Gasteiger partial charge is 0.131 e. The molecule has 1 aliphatic rings. The van der Waals surface area contributed by atoms with E-state index in [1.165, 1.54) is 11.1 Å². The quantitative estimate of drug-likeness (QED) is 0.184. The Morgan fingerprint density at radius 3 is 2.22 bits per heavy atom. The molecule has 0 radical (unpaired) electrons. The number of ether oxygens (including phenoxy) is 3. The van der Waals surface area contributed by atoms with Gasteiger partial charge in [-0.15, -0.1) is 0 Å². The summed E-state index contributed by atoms with van der Waals surface area (Å²) in [7, 11) is 0. The molecule has 0 atom stereocenters. The van der Waals surface area contributed by atoms with Crippen LogP contribution in [0.2, 0.25) is 0 Å². The van der Waals surface area contributed by atoms with E-state index in [-0.39, 0.29) is 6.10 Å². The van der Waals surface area contributed by atoms with Gasteiger partial charge in [-0.25, -0.2) is 0 Å². The predicted molar refractivity (Wildman–Crippen MR) is 167 cm³/mol. The topological polar surface area (TPSA) is 66.8 Å². The number of nitrogens with one attached hydrogen (secondary N) is 1. The first kappa shape index (κ1) is 28.4. The Balaban J connectivity index is 1.31. The van der Waals surface area contributed by atoms with Gasteiger partial charge in [0.25, 0.3) is 0 Å². The summed E-state index contributed by atoms with van der Waals surface area (Å²) in [5, 5.41) is 9.21. The molecular weight excluding hydrogens is 530 g/mol. The van der Waals surface area contributed by atoms with Crippen molar-refractivity contribution in [2.75, 3.05) is 29.1 Å². The Labute approximate surface area is 247 Å². The molecule has 0 aromatic heterocycles. The average Bonchev–Trinajstić information content (AvgIpc) is 3.00. The molecule has 210 valence electrons. The van der Waals surface area contributed by atoms with Crippen molar-refractivity contribution in [2.24, 2.45) is 0 Å². The van der Waals surface area contributed by atoms with Crippen molar-refractivity contribution in [3.63, 3.8) is 0 Å². The Hall–Kier alpha value is -4.12. The van der Waals surface area contributed by atoms with Crippen LogP contribution in [0.15, 0.2) is 91.0 Å². The molecule has 0 bridgehead atoms. The number of anilines is 2. The summed E-state index contributed by atoms with van der Waals surface area (Å²) in [6.07, 6.45) is 4.03. The van der Waals surface area contributed by atoms with Crippen LogP contribution in [-0.2, 0) is 17.8 Å². The largest absolute Gasteiger partial charge is 0.490 e. The number of hydrogen-bond acceptors (Lipinski definition) is 7. The zero-order valence-corrected chi connectivity index (χ0v) is 24.3. The summed E-state index contributed by atoms with van der Waals surface area (Å²) in [5.41, 5.74) is 6.44. The number of nitrogens with zero attached hydrogens (tertiary/aromatic N) is 2. The summed E-state index contributed by atoms with van der Waals surface area (Å²) >= 11 is 1.59. The van der Waals surface area contributed by atoms with E-state index in [0.29, 0.717) is 12.1 Å². The molecule has 1 saturated heterocycles. The van der Waals surface area contributed by atoms with E-state index in [2.05, 4.69) is 52.9 Å². The molecule has 7 heteroatoms. The second-order valence-electron chi connectivity index (χ2n) is 10.1. The van der Waals surface area contributed by atoms with Gasteiger partial charge >= 0.3 is 0 Å². The van der Waals surface area contributed by atoms with Gasteiger partial charge in [0.15, 0.2) is 0 Å². The molecule has 1 aliphatic heterocycles. The Kier molecular flexibility index (Phi) is 9.69. The van der Waals surface area contributed by atoms with E-state index in [1.807, 2.05) is 66.9 Å². The number of nitriles is 1. The zero-order chi connectivity index (χ0) is 28.4. The van der Waals surface area contributed by atoms with Crippen LogP contribution >= 0.6 is 11.9 Å². The van der Waals surface area contributed by atoms with Gasteiger partial charge in [-0.05, 0) is 72.1 Å². The average molecular weight is 566 g/mol. The minimum Gasteiger partial charge on any atom is -0.490 e. The lowest BCUT2D eigenvalue weighted by Crippen LogP contribution is -2.25. The Bertz CT molecular complexity index is 1460. The van der Waals surface area contributed by atoms with Crippen molar-refractivity contribution >= 4 is 23.3 Å². The van der Waals surface area contributed by atoms with E-state index < -0.39 is 0 Å². The van der Waals surface area contributed by atoms with Crippen LogP contribution in [0.25, 0.3) is 0 Å². The molecule has 41 heavy (non-hydrogen) atoms. The van der Waals surface area contributed by atoms with Gasteiger partial charge in [-0.1, -0.05) is 48.3 Å². The highest BCUT2D eigenvalue weighted by Crippen LogP contribution is 2.32. The SMILES string of the molecule is CSNc1cccc(N(Cc2ccc(C#N)cc2)Cc2ccc(Oc3cccc(OC4CCOCC4)c3)cc2)c1C. The van der Waals surface area contributed by atoms with E-state index in [4.69, 9.17) is 14.2 Å². The maximum Gasteiger partial charge on any atom is 0.131 e. The first-order valence-corrected chi connectivity index (χ1v) is 15.1. The number of benzene rings is 4. The van der Waals surface area contributed by atoms with Gasteiger partial charge in [0.2, 0.25) is 0 Å². The third-order valence-electron chi connectivity index (χ3n) is 7.12. The fourth-order valence-electron chi connectivity index (χ4n) is 4.93. The van der Waals surface area contributed by atoms with Gasteiger partial charge in [0.1, 0.15) is 23.4 Å². The number of hydrogen-bond donors (Lipinski definition) is 1. The minimum atomic E-state index is 0.186. The van der Waals surface area contributed by atoms with Gasteiger partial charge < -0.3 is 23.8 Å². The van der Waals surface area contributed by atoms with Crippen molar-refractivity contribution in [1.29, 1.82) is 5.26 Å². The molecule has 4 aromatic carbocycles. The lowest BCUT2D eigenvalue weighted by Gasteiger charge is -2.28. The fourth-order valence-corrected chi connectivity index (χ4v) is 5.38. The first-order valence-electron chi connectivity index (χ1n) is 13.8. The van der Waals surface area contributed by atoms with Crippen LogP contribution in [0, 0.1) is 18.3 Å². The van der Waals surface area contributed by atoms with Crippen molar-refractivity contribution in [1.82, 2.24) is 0 Å².